The highest BCUT2D eigenvalue weighted by molar-refractivity contribution is 5.77. The van der Waals surface area contributed by atoms with E-state index in [0.29, 0.717) is 0 Å². The van der Waals surface area contributed by atoms with E-state index in [0.717, 1.165) is 13.0 Å². The van der Waals surface area contributed by atoms with Gasteiger partial charge in [-0.2, -0.15) is 5.26 Å². The lowest BCUT2D eigenvalue weighted by atomic mass is 9.97. The minimum absolute atomic E-state index is 0.0417. The van der Waals surface area contributed by atoms with Gasteiger partial charge in [0, 0.05) is 13.1 Å². The highest BCUT2D eigenvalue weighted by Gasteiger charge is 2.11. The molecule has 0 amide bonds. The number of likely N-dealkylation sites (N-methyl/N-ethyl adjacent to an activating group) is 1. The largest absolute Gasteiger partial charge is 0.300 e. The summed E-state index contributed by atoms with van der Waals surface area (Å²) in [7, 11) is 0. The number of ketones is 1. The summed E-state index contributed by atoms with van der Waals surface area (Å²) in [6.07, 6.45) is 13.8. The van der Waals surface area contributed by atoms with Crippen molar-refractivity contribution in [3.63, 3.8) is 0 Å². The number of hydrogen-bond donors (Lipinski definition) is 0. The molecule has 3 heteroatoms. The molecule has 0 radical (unpaired) electrons. The van der Waals surface area contributed by atoms with E-state index in [4.69, 9.17) is 5.26 Å². The van der Waals surface area contributed by atoms with E-state index in [9.17, 15) is 4.79 Å². The van der Waals surface area contributed by atoms with E-state index in [1.54, 1.807) is 6.07 Å². The van der Waals surface area contributed by atoms with E-state index in [-0.39, 0.29) is 12.2 Å². The summed E-state index contributed by atoms with van der Waals surface area (Å²) in [6.45, 7) is 9.33. The quantitative estimate of drug-likeness (QED) is 0.624. The summed E-state index contributed by atoms with van der Waals surface area (Å²) in [4.78, 5) is 12.3. The minimum Gasteiger partial charge on any atom is -0.300 e. The van der Waals surface area contributed by atoms with Crippen LogP contribution in [-0.2, 0) is 11.2 Å². The molecule has 0 saturated heterocycles. The van der Waals surface area contributed by atoms with Gasteiger partial charge in [0.2, 0.25) is 0 Å². The summed E-state index contributed by atoms with van der Waals surface area (Å²) in [6, 6.07) is 10.7. The molecule has 3 nitrogen and oxygen atoms in total. The number of hydrogen-bond acceptors (Lipinski definition) is 3. The summed E-state index contributed by atoms with van der Waals surface area (Å²) in [5.74, 6) is -0.0718. The summed E-state index contributed by atoms with van der Waals surface area (Å²) in [5, 5.41) is 7.77. The number of Topliss-reactive ketones (excluding diaryl/α,β-unsaturated/α-hetero) is 1. The smallest absolute Gasteiger partial charge is 0.143 e. The predicted octanol–water partition coefficient (Wildman–Crippen LogP) is 6.19. The van der Waals surface area contributed by atoms with Crippen molar-refractivity contribution < 1.29 is 4.79 Å². The molecule has 0 bridgehead atoms. The molecule has 2 aliphatic rings. The maximum Gasteiger partial charge on any atom is 0.143 e. The number of carbonyl (C=O) groups excluding carboxylic acids is 1. The maximum absolute atomic E-state index is 9.82. The SMILES string of the molecule is C1CCCCC1.CC(=O)CC#N.CCc1cccc(C2=CCN(CC)CC2)c1. The van der Waals surface area contributed by atoms with Gasteiger partial charge in [-0.15, -0.1) is 0 Å². The van der Waals surface area contributed by atoms with Crippen molar-refractivity contribution in [1.29, 1.82) is 5.26 Å². The topological polar surface area (TPSA) is 44.1 Å². The van der Waals surface area contributed by atoms with Gasteiger partial charge in [0.1, 0.15) is 5.78 Å². The van der Waals surface area contributed by atoms with Gasteiger partial charge in [-0.1, -0.05) is 82.7 Å². The molecule has 1 saturated carbocycles. The molecule has 0 atom stereocenters. The number of carbonyl (C=O) groups is 1. The fraction of sp³-hybridized carbons (Fsp3) is 0.600. The molecule has 0 N–H and O–H groups in total. The Morgan fingerprint density at radius 2 is 1.75 bits per heavy atom. The highest BCUT2D eigenvalue weighted by atomic mass is 16.1. The Kier molecular flexibility index (Phi) is 13.0. The van der Waals surface area contributed by atoms with Crippen molar-refractivity contribution >= 4 is 11.4 Å². The lowest BCUT2D eigenvalue weighted by Gasteiger charge is -2.25. The lowest BCUT2D eigenvalue weighted by Crippen LogP contribution is -2.28. The summed E-state index contributed by atoms with van der Waals surface area (Å²) >= 11 is 0. The second-order valence-electron chi connectivity index (χ2n) is 7.58. The van der Waals surface area contributed by atoms with Crippen LogP contribution in [0, 0.1) is 11.3 Å². The van der Waals surface area contributed by atoms with Gasteiger partial charge in [0.15, 0.2) is 0 Å². The molecule has 3 rings (SSSR count). The van der Waals surface area contributed by atoms with Crippen LogP contribution >= 0.6 is 0 Å². The Labute approximate surface area is 172 Å². The Balaban J connectivity index is 0.000000268. The third kappa shape index (κ3) is 10.4. The first-order valence-electron chi connectivity index (χ1n) is 11.0. The second-order valence-corrected chi connectivity index (χ2v) is 7.58. The molecule has 154 valence electrons. The van der Waals surface area contributed by atoms with Crippen molar-refractivity contribution in [1.82, 2.24) is 4.90 Å². The van der Waals surface area contributed by atoms with E-state index >= 15 is 0 Å². The third-order valence-electron chi connectivity index (χ3n) is 5.27. The van der Waals surface area contributed by atoms with Crippen LogP contribution in [0.25, 0.3) is 5.57 Å². The first-order valence-corrected chi connectivity index (χ1v) is 11.0. The molecule has 0 spiro atoms. The molecule has 1 aliphatic carbocycles. The zero-order valence-electron chi connectivity index (χ0n) is 18.2. The van der Waals surface area contributed by atoms with Crippen LogP contribution in [0.4, 0.5) is 0 Å². The van der Waals surface area contributed by atoms with E-state index in [1.807, 2.05) is 0 Å². The molecular formula is C25H38N2O. The maximum atomic E-state index is 9.82. The Bertz CT molecular complexity index is 627. The average Bonchev–Trinajstić information content (AvgIpc) is 2.76. The standard InChI is InChI=1S/C15H21N.C6H12.C4H5NO/c1-3-13-6-5-7-15(12-13)14-8-10-16(4-2)11-9-14;1-2-4-6-5-3-1;1-4(6)2-3-5/h5-8,12H,3-4,9-11H2,1-2H3;1-6H2;2H2,1H3. The van der Waals surface area contributed by atoms with Gasteiger partial charge in [-0.05, 0) is 43.0 Å². The van der Waals surface area contributed by atoms with Crippen molar-refractivity contribution in [2.45, 2.75) is 78.6 Å². The van der Waals surface area contributed by atoms with Crippen LogP contribution in [0.15, 0.2) is 30.3 Å². The van der Waals surface area contributed by atoms with Crippen molar-refractivity contribution in [3.05, 3.63) is 41.5 Å². The highest BCUT2D eigenvalue weighted by Crippen LogP contribution is 2.23. The van der Waals surface area contributed by atoms with Crippen LogP contribution in [0.2, 0.25) is 0 Å². The van der Waals surface area contributed by atoms with Gasteiger partial charge in [-0.25, -0.2) is 0 Å². The minimum atomic E-state index is -0.0718. The van der Waals surface area contributed by atoms with Gasteiger partial charge in [0.05, 0.1) is 12.5 Å². The zero-order chi connectivity index (χ0) is 20.6. The van der Waals surface area contributed by atoms with Crippen LogP contribution in [0.5, 0.6) is 0 Å². The summed E-state index contributed by atoms with van der Waals surface area (Å²) < 4.78 is 0. The number of rotatable bonds is 4. The van der Waals surface area contributed by atoms with E-state index in [2.05, 4.69) is 49.1 Å². The predicted molar refractivity (Wildman–Crippen MR) is 119 cm³/mol. The monoisotopic (exact) mass is 382 g/mol. The van der Waals surface area contributed by atoms with Crippen LogP contribution < -0.4 is 0 Å². The first kappa shape index (κ1) is 24.1. The number of benzene rings is 1. The van der Waals surface area contributed by atoms with Crippen molar-refractivity contribution in [3.8, 4) is 6.07 Å². The second kappa shape index (κ2) is 15.1. The fourth-order valence-electron chi connectivity index (χ4n) is 3.42. The van der Waals surface area contributed by atoms with Gasteiger partial charge < -0.3 is 0 Å². The molecule has 1 aliphatic heterocycles. The third-order valence-corrected chi connectivity index (χ3v) is 5.27. The van der Waals surface area contributed by atoms with E-state index < -0.39 is 0 Å². The lowest BCUT2D eigenvalue weighted by molar-refractivity contribution is -0.116. The molecule has 1 aromatic carbocycles. The molecular weight excluding hydrogens is 344 g/mol. The van der Waals surface area contributed by atoms with E-state index in [1.165, 1.54) is 81.7 Å². The summed E-state index contributed by atoms with van der Waals surface area (Å²) in [5.41, 5.74) is 4.39. The number of aryl methyl sites for hydroxylation is 1. The Morgan fingerprint density at radius 1 is 1.11 bits per heavy atom. The molecule has 0 aromatic heterocycles. The van der Waals surface area contributed by atoms with Gasteiger partial charge in [0.25, 0.3) is 0 Å². The molecule has 0 unspecified atom stereocenters. The number of nitrogens with zero attached hydrogens (tertiary/aromatic N) is 2. The van der Waals surface area contributed by atoms with Crippen molar-refractivity contribution in [2.24, 2.45) is 0 Å². The Morgan fingerprint density at radius 3 is 2.14 bits per heavy atom. The van der Waals surface area contributed by atoms with Crippen molar-refractivity contribution in [2.75, 3.05) is 19.6 Å². The normalized spacial score (nSPS) is 16.4. The molecule has 1 aromatic rings. The molecule has 1 heterocycles. The van der Waals surface area contributed by atoms with Crippen LogP contribution in [0.3, 0.4) is 0 Å². The van der Waals surface area contributed by atoms with Gasteiger partial charge >= 0.3 is 0 Å². The first-order chi connectivity index (χ1) is 13.6. The number of nitriles is 1. The van der Waals surface area contributed by atoms with Crippen LogP contribution in [0.1, 0.15) is 83.3 Å². The fourth-order valence-corrected chi connectivity index (χ4v) is 3.42. The average molecular weight is 383 g/mol. The molecule has 28 heavy (non-hydrogen) atoms. The molecule has 1 fully saturated rings. The van der Waals surface area contributed by atoms with Gasteiger partial charge in [-0.3, -0.25) is 9.69 Å². The van der Waals surface area contributed by atoms with Crippen LogP contribution in [-0.4, -0.2) is 30.3 Å². The zero-order valence-corrected chi connectivity index (χ0v) is 18.2. The Hall–Kier alpha value is -1.92.